The van der Waals surface area contributed by atoms with Crippen LogP contribution in [0.25, 0.3) is 0 Å². The minimum absolute atomic E-state index is 0.110. The van der Waals surface area contributed by atoms with Gasteiger partial charge in [-0.15, -0.1) is 0 Å². The minimum atomic E-state index is -0.635. The van der Waals surface area contributed by atoms with Crippen LogP contribution in [0, 0.1) is 11.3 Å². The van der Waals surface area contributed by atoms with E-state index in [1.165, 1.54) is 25.5 Å². The molecule has 0 aromatic heterocycles. The summed E-state index contributed by atoms with van der Waals surface area (Å²) in [7, 11) is 0. The zero-order chi connectivity index (χ0) is 13.9. The Morgan fingerprint density at radius 1 is 1.53 bits per heavy atom. The van der Waals surface area contributed by atoms with Crippen molar-refractivity contribution in [1.82, 2.24) is 0 Å². The average molecular weight is 263 g/mol. The standard InChI is InChI=1S/C15H25N3O/c1-2-15(9-8-12(10-16)18-15)14(19)13(17)11-6-4-3-5-7-11/h10-11,13,16H,2-9,17H2,1H3/t13-,15-/m0/s1. The van der Waals surface area contributed by atoms with Crippen LogP contribution in [-0.4, -0.2) is 29.3 Å². The molecule has 0 bridgehead atoms. The Morgan fingerprint density at radius 3 is 2.74 bits per heavy atom. The van der Waals surface area contributed by atoms with Crippen molar-refractivity contribution in [3.8, 4) is 0 Å². The molecule has 2 rings (SSSR count). The van der Waals surface area contributed by atoms with Gasteiger partial charge in [0, 0.05) is 6.21 Å². The number of nitrogens with zero attached hydrogens (tertiary/aromatic N) is 1. The van der Waals surface area contributed by atoms with E-state index in [0.29, 0.717) is 12.3 Å². The van der Waals surface area contributed by atoms with Crippen molar-refractivity contribution in [2.45, 2.75) is 69.9 Å². The second-order valence-corrected chi connectivity index (χ2v) is 5.92. The Bertz CT molecular complexity index is 385. The van der Waals surface area contributed by atoms with Crippen molar-refractivity contribution in [2.75, 3.05) is 0 Å². The molecule has 1 aliphatic carbocycles. The first-order valence-electron chi connectivity index (χ1n) is 7.52. The second kappa shape index (κ2) is 5.95. The fraction of sp³-hybridized carbons (Fsp3) is 0.800. The van der Waals surface area contributed by atoms with Gasteiger partial charge in [-0.2, -0.15) is 0 Å². The van der Waals surface area contributed by atoms with Gasteiger partial charge < -0.3 is 11.1 Å². The monoisotopic (exact) mass is 263 g/mol. The number of carbonyl (C=O) groups excluding carboxylic acids is 1. The van der Waals surface area contributed by atoms with Crippen molar-refractivity contribution in [3.63, 3.8) is 0 Å². The summed E-state index contributed by atoms with van der Waals surface area (Å²) in [5.74, 6) is 0.447. The van der Waals surface area contributed by atoms with Crippen LogP contribution in [0.5, 0.6) is 0 Å². The summed E-state index contributed by atoms with van der Waals surface area (Å²) < 4.78 is 0. The van der Waals surface area contributed by atoms with Crippen LogP contribution in [0.4, 0.5) is 0 Å². The molecule has 4 nitrogen and oxygen atoms in total. The Morgan fingerprint density at radius 2 is 2.21 bits per heavy atom. The highest BCUT2D eigenvalue weighted by molar-refractivity contribution is 6.31. The van der Waals surface area contributed by atoms with Gasteiger partial charge in [-0.3, -0.25) is 9.79 Å². The van der Waals surface area contributed by atoms with E-state index in [4.69, 9.17) is 11.1 Å². The van der Waals surface area contributed by atoms with Crippen LogP contribution in [0.1, 0.15) is 58.3 Å². The number of carbonyl (C=O) groups is 1. The molecule has 0 aromatic rings. The first-order chi connectivity index (χ1) is 9.13. The molecule has 1 saturated carbocycles. The number of Topliss-reactive ketones (excluding diaryl/α,β-unsaturated/α-hetero) is 1. The zero-order valence-corrected chi connectivity index (χ0v) is 11.8. The van der Waals surface area contributed by atoms with Crippen LogP contribution in [0.15, 0.2) is 4.99 Å². The van der Waals surface area contributed by atoms with Gasteiger partial charge >= 0.3 is 0 Å². The lowest BCUT2D eigenvalue weighted by Crippen LogP contribution is -2.50. The summed E-state index contributed by atoms with van der Waals surface area (Å²) in [6.07, 6.45) is 9.25. The van der Waals surface area contributed by atoms with Crippen LogP contribution in [0.3, 0.4) is 0 Å². The highest BCUT2D eigenvalue weighted by Crippen LogP contribution is 2.34. The van der Waals surface area contributed by atoms with Gasteiger partial charge in [0.1, 0.15) is 5.54 Å². The molecule has 0 radical (unpaired) electrons. The molecule has 4 heteroatoms. The Kier molecular flexibility index (Phi) is 4.50. The summed E-state index contributed by atoms with van der Waals surface area (Å²) in [5, 5.41) is 7.30. The smallest absolute Gasteiger partial charge is 0.177 e. The number of nitrogens with one attached hydrogen (secondary N) is 1. The first-order valence-corrected chi connectivity index (χ1v) is 7.52. The van der Waals surface area contributed by atoms with Crippen LogP contribution in [0.2, 0.25) is 0 Å². The van der Waals surface area contributed by atoms with E-state index in [9.17, 15) is 4.79 Å². The molecule has 1 fully saturated rings. The second-order valence-electron chi connectivity index (χ2n) is 5.92. The first kappa shape index (κ1) is 14.4. The quantitative estimate of drug-likeness (QED) is 0.747. The topological polar surface area (TPSA) is 79.3 Å². The van der Waals surface area contributed by atoms with Gasteiger partial charge in [0.2, 0.25) is 0 Å². The SMILES string of the molecule is CC[C@@]1(C(=O)[C@@H](N)C2CCCCC2)CCC(C=N)=N1. The highest BCUT2D eigenvalue weighted by Gasteiger charge is 2.44. The van der Waals surface area contributed by atoms with Gasteiger partial charge in [0.25, 0.3) is 0 Å². The van der Waals surface area contributed by atoms with E-state index in [1.807, 2.05) is 6.92 Å². The van der Waals surface area contributed by atoms with Crippen LogP contribution < -0.4 is 5.73 Å². The van der Waals surface area contributed by atoms with Crippen molar-refractivity contribution < 1.29 is 4.79 Å². The third-order valence-corrected chi connectivity index (χ3v) is 4.82. The van der Waals surface area contributed by atoms with E-state index in [0.717, 1.165) is 31.4 Å². The summed E-state index contributed by atoms with van der Waals surface area (Å²) in [6, 6.07) is -0.367. The van der Waals surface area contributed by atoms with Crippen molar-refractivity contribution in [3.05, 3.63) is 0 Å². The van der Waals surface area contributed by atoms with Gasteiger partial charge in [-0.05, 0) is 38.0 Å². The Balaban J connectivity index is 2.12. The number of hydrogen-bond acceptors (Lipinski definition) is 4. The zero-order valence-electron chi connectivity index (χ0n) is 11.8. The largest absolute Gasteiger partial charge is 0.321 e. The molecular formula is C15H25N3O. The van der Waals surface area contributed by atoms with Gasteiger partial charge in [0.15, 0.2) is 5.78 Å². The van der Waals surface area contributed by atoms with Crippen molar-refractivity contribution in [2.24, 2.45) is 16.6 Å². The van der Waals surface area contributed by atoms with E-state index in [1.54, 1.807) is 0 Å². The predicted octanol–water partition coefficient (Wildman–Crippen LogP) is 2.50. The molecule has 19 heavy (non-hydrogen) atoms. The molecular weight excluding hydrogens is 238 g/mol. The van der Waals surface area contributed by atoms with Gasteiger partial charge in [-0.25, -0.2) is 0 Å². The molecule has 0 spiro atoms. The van der Waals surface area contributed by atoms with E-state index >= 15 is 0 Å². The fourth-order valence-electron chi connectivity index (χ4n) is 3.45. The number of hydrogen-bond donors (Lipinski definition) is 2. The fourth-order valence-corrected chi connectivity index (χ4v) is 3.45. The lowest BCUT2D eigenvalue weighted by atomic mass is 9.76. The van der Waals surface area contributed by atoms with E-state index < -0.39 is 5.54 Å². The number of aliphatic imine (C=N–C) groups is 1. The lowest BCUT2D eigenvalue weighted by molar-refractivity contribution is -0.126. The van der Waals surface area contributed by atoms with Crippen molar-refractivity contribution >= 4 is 17.7 Å². The molecule has 1 heterocycles. The third kappa shape index (κ3) is 2.78. The summed E-state index contributed by atoms with van der Waals surface area (Å²) in [6.45, 7) is 2.00. The van der Waals surface area contributed by atoms with Gasteiger partial charge in [0.05, 0.1) is 11.8 Å². The minimum Gasteiger partial charge on any atom is -0.321 e. The molecule has 3 N–H and O–H groups in total. The molecule has 2 aliphatic rings. The molecule has 0 saturated heterocycles. The maximum Gasteiger partial charge on any atom is 0.177 e. The Labute approximate surface area is 115 Å². The third-order valence-electron chi connectivity index (χ3n) is 4.82. The number of rotatable bonds is 5. The van der Waals surface area contributed by atoms with E-state index in [2.05, 4.69) is 4.99 Å². The summed E-state index contributed by atoms with van der Waals surface area (Å²) in [4.78, 5) is 17.3. The van der Waals surface area contributed by atoms with Gasteiger partial charge in [-0.1, -0.05) is 26.2 Å². The summed E-state index contributed by atoms with van der Waals surface area (Å²) in [5.41, 5.74) is 6.35. The normalized spacial score (nSPS) is 29.9. The Hall–Kier alpha value is -1.03. The molecule has 0 amide bonds. The van der Waals surface area contributed by atoms with Crippen LogP contribution >= 0.6 is 0 Å². The lowest BCUT2D eigenvalue weighted by Gasteiger charge is -2.32. The molecule has 106 valence electrons. The average Bonchev–Trinajstić information content (AvgIpc) is 2.91. The molecule has 1 aliphatic heterocycles. The molecule has 2 atom stereocenters. The van der Waals surface area contributed by atoms with Crippen LogP contribution in [-0.2, 0) is 4.79 Å². The number of ketones is 1. The van der Waals surface area contributed by atoms with E-state index in [-0.39, 0.29) is 11.8 Å². The highest BCUT2D eigenvalue weighted by atomic mass is 16.1. The maximum absolute atomic E-state index is 12.8. The van der Waals surface area contributed by atoms with Crippen molar-refractivity contribution in [1.29, 1.82) is 5.41 Å². The molecule has 0 unspecified atom stereocenters. The number of nitrogens with two attached hydrogens (primary N) is 1. The molecule has 0 aromatic carbocycles. The predicted molar refractivity (Wildman–Crippen MR) is 78.0 cm³/mol. The maximum atomic E-state index is 12.8. The summed E-state index contributed by atoms with van der Waals surface area (Å²) >= 11 is 0.